The van der Waals surface area contributed by atoms with Gasteiger partial charge in [0, 0.05) is 39.0 Å². The molecule has 0 bridgehead atoms. The third kappa shape index (κ3) is 4.35. The molecule has 0 amide bonds. The van der Waals surface area contributed by atoms with Crippen LogP contribution in [0.5, 0.6) is 0 Å². The van der Waals surface area contributed by atoms with E-state index >= 15 is 0 Å². The van der Waals surface area contributed by atoms with Gasteiger partial charge in [0.15, 0.2) is 0 Å². The zero-order chi connectivity index (χ0) is 18.1. The molecule has 1 atom stereocenters. The molecule has 0 spiro atoms. The first-order chi connectivity index (χ1) is 11.8. The fourth-order valence-electron chi connectivity index (χ4n) is 3.48. The fourth-order valence-corrected chi connectivity index (χ4v) is 5.25. The van der Waals surface area contributed by atoms with Crippen molar-refractivity contribution in [3.05, 3.63) is 35.9 Å². The Hall–Kier alpha value is -1.56. The van der Waals surface area contributed by atoms with Crippen LogP contribution in [-0.4, -0.2) is 55.0 Å². The highest BCUT2D eigenvalue weighted by atomic mass is 32.2. The average Bonchev–Trinajstić information content (AvgIpc) is 2.54. The molecule has 1 aliphatic heterocycles. The van der Waals surface area contributed by atoms with Crippen LogP contribution < -0.4 is 0 Å². The van der Waals surface area contributed by atoms with E-state index < -0.39 is 27.9 Å². The normalized spacial score (nSPS) is 25.2. The van der Waals surface area contributed by atoms with Gasteiger partial charge < -0.3 is 0 Å². The van der Waals surface area contributed by atoms with Gasteiger partial charge in [-0.3, -0.25) is 4.90 Å². The van der Waals surface area contributed by atoms with E-state index in [1.807, 2.05) is 35.2 Å². The minimum atomic E-state index is -3.61. The molecule has 136 valence electrons. The lowest BCUT2D eigenvalue weighted by Crippen LogP contribution is -2.55. The lowest BCUT2D eigenvalue weighted by Gasteiger charge is -2.40. The monoisotopic (exact) mass is 369 g/mol. The molecule has 25 heavy (non-hydrogen) atoms. The van der Waals surface area contributed by atoms with Crippen molar-refractivity contribution >= 4 is 10.0 Å². The predicted molar refractivity (Wildman–Crippen MR) is 89.3 cm³/mol. The first-order valence-electron chi connectivity index (χ1n) is 8.32. The molecule has 1 saturated heterocycles. The van der Waals surface area contributed by atoms with E-state index in [4.69, 9.17) is 0 Å². The highest BCUT2D eigenvalue weighted by molar-refractivity contribution is 7.89. The van der Waals surface area contributed by atoms with E-state index in [2.05, 4.69) is 6.07 Å². The smallest absolute Gasteiger partial charge is 0.248 e. The topological polar surface area (TPSA) is 64.4 Å². The number of hydrogen-bond donors (Lipinski definition) is 0. The Morgan fingerprint density at radius 3 is 2.48 bits per heavy atom. The zero-order valence-corrected chi connectivity index (χ0v) is 14.6. The van der Waals surface area contributed by atoms with E-state index in [1.165, 1.54) is 4.31 Å². The van der Waals surface area contributed by atoms with Crippen LogP contribution in [0.3, 0.4) is 0 Å². The fraction of sp³-hybridized carbons (Fsp3) is 0.588. The number of nitriles is 1. The Kier molecular flexibility index (Phi) is 5.09. The molecule has 0 N–H and O–H groups in total. The lowest BCUT2D eigenvalue weighted by atomic mass is 9.83. The maximum atomic E-state index is 12.9. The summed E-state index contributed by atoms with van der Waals surface area (Å²) in [5.41, 5.74) is 1.07. The van der Waals surface area contributed by atoms with Crippen molar-refractivity contribution in [3.63, 3.8) is 0 Å². The number of alkyl halides is 2. The summed E-state index contributed by atoms with van der Waals surface area (Å²) in [5.74, 6) is -3.45. The molecule has 0 radical (unpaired) electrons. The van der Waals surface area contributed by atoms with Crippen LogP contribution in [0, 0.1) is 17.2 Å². The van der Waals surface area contributed by atoms with E-state index in [1.54, 1.807) is 0 Å². The molecular formula is C17H21F2N3O2S. The third-order valence-corrected chi connectivity index (χ3v) is 6.86. The summed E-state index contributed by atoms with van der Waals surface area (Å²) in [6.07, 6.45) is -0.718. The Labute approximate surface area is 146 Å². The van der Waals surface area contributed by atoms with Gasteiger partial charge in [0.05, 0.1) is 11.8 Å². The number of benzene rings is 1. The number of halogens is 2. The summed E-state index contributed by atoms with van der Waals surface area (Å²) in [4.78, 5) is 1.96. The second-order valence-corrected chi connectivity index (χ2v) is 8.88. The first-order valence-corrected chi connectivity index (χ1v) is 9.93. The number of nitrogens with zero attached hydrogens (tertiary/aromatic N) is 3. The molecule has 2 fully saturated rings. The number of sulfonamides is 1. The van der Waals surface area contributed by atoms with Gasteiger partial charge in [-0.2, -0.15) is 9.57 Å². The molecule has 1 aromatic carbocycles. The molecule has 1 saturated carbocycles. The molecule has 1 aromatic rings. The summed E-state index contributed by atoms with van der Waals surface area (Å²) in [6, 6.07) is 11.3. The minimum absolute atomic E-state index is 0.0920. The largest absolute Gasteiger partial charge is 0.281 e. The van der Waals surface area contributed by atoms with Crippen LogP contribution >= 0.6 is 0 Å². The number of hydrogen-bond acceptors (Lipinski definition) is 4. The highest BCUT2D eigenvalue weighted by Gasteiger charge is 2.47. The summed E-state index contributed by atoms with van der Waals surface area (Å²) >= 11 is 0. The number of rotatable bonds is 5. The summed E-state index contributed by atoms with van der Waals surface area (Å²) < 4.78 is 52.1. The maximum Gasteiger partial charge on any atom is 0.248 e. The molecule has 2 aliphatic rings. The Balaban J connectivity index is 1.60. The summed E-state index contributed by atoms with van der Waals surface area (Å²) in [5, 5.41) is 9.42. The van der Waals surface area contributed by atoms with Crippen molar-refractivity contribution < 1.29 is 17.2 Å². The predicted octanol–water partition coefficient (Wildman–Crippen LogP) is 2.07. The van der Waals surface area contributed by atoms with Gasteiger partial charge in [-0.15, -0.1) is 0 Å². The SMILES string of the molecule is N#CC1CN(S(=O)(=O)CC2CC(F)(F)C2)CCN1Cc1ccccc1. The molecule has 1 heterocycles. The van der Waals surface area contributed by atoms with Crippen LogP contribution in [0.25, 0.3) is 0 Å². The molecule has 5 nitrogen and oxygen atoms in total. The van der Waals surface area contributed by atoms with Crippen LogP contribution in [0.2, 0.25) is 0 Å². The summed E-state index contributed by atoms with van der Waals surface area (Å²) in [7, 11) is -3.61. The zero-order valence-electron chi connectivity index (χ0n) is 13.8. The van der Waals surface area contributed by atoms with Gasteiger partial charge in [-0.1, -0.05) is 30.3 Å². The van der Waals surface area contributed by atoms with Crippen molar-refractivity contribution in [2.24, 2.45) is 5.92 Å². The number of piperazine rings is 1. The van der Waals surface area contributed by atoms with Crippen LogP contribution in [0.15, 0.2) is 30.3 Å². The quantitative estimate of drug-likeness (QED) is 0.797. The Morgan fingerprint density at radius 1 is 1.20 bits per heavy atom. The lowest BCUT2D eigenvalue weighted by molar-refractivity contribution is -0.103. The van der Waals surface area contributed by atoms with Gasteiger partial charge in [-0.25, -0.2) is 17.2 Å². The van der Waals surface area contributed by atoms with Crippen molar-refractivity contribution in [1.29, 1.82) is 5.26 Å². The van der Waals surface area contributed by atoms with Crippen molar-refractivity contribution in [2.75, 3.05) is 25.4 Å². The maximum absolute atomic E-state index is 12.9. The second-order valence-electron chi connectivity index (χ2n) is 6.87. The van der Waals surface area contributed by atoms with Crippen LogP contribution in [-0.2, 0) is 16.6 Å². The molecule has 8 heteroatoms. The second kappa shape index (κ2) is 6.98. The van der Waals surface area contributed by atoms with Crippen LogP contribution in [0.1, 0.15) is 18.4 Å². The molecular weight excluding hydrogens is 348 g/mol. The van der Waals surface area contributed by atoms with E-state index in [0.29, 0.717) is 13.1 Å². The minimum Gasteiger partial charge on any atom is -0.281 e. The van der Waals surface area contributed by atoms with Gasteiger partial charge in [0.25, 0.3) is 0 Å². The standard InChI is InChI=1S/C17H21F2N3O2S/c18-17(19)8-15(9-17)13-25(23,24)22-7-6-21(16(10-20)12-22)11-14-4-2-1-3-5-14/h1-5,15-16H,6-9,11-13H2. The summed E-state index contributed by atoms with van der Waals surface area (Å²) in [6.45, 7) is 1.42. The highest BCUT2D eigenvalue weighted by Crippen LogP contribution is 2.43. The molecule has 3 rings (SSSR count). The van der Waals surface area contributed by atoms with Crippen molar-refractivity contribution in [2.45, 2.75) is 31.4 Å². The Morgan fingerprint density at radius 2 is 1.88 bits per heavy atom. The Bertz CT molecular complexity index is 741. The molecule has 0 aromatic heterocycles. The van der Waals surface area contributed by atoms with Gasteiger partial charge in [-0.05, 0) is 11.5 Å². The van der Waals surface area contributed by atoms with Gasteiger partial charge >= 0.3 is 0 Å². The van der Waals surface area contributed by atoms with Gasteiger partial charge in [0.2, 0.25) is 15.9 Å². The van der Waals surface area contributed by atoms with E-state index in [-0.39, 0.29) is 31.7 Å². The third-order valence-electron chi connectivity index (χ3n) is 4.85. The average molecular weight is 369 g/mol. The van der Waals surface area contributed by atoms with Crippen molar-refractivity contribution in [1.82, 2.24) is 9.21 Å². The molecule has 1 unspecified atom stereocenters. The van der Waals surface area contributed by atoms with Crippen LogP contribution in [0.4, 0.5) is 8.78 Å². The first kappa shape index (κ1) is 18.2. The molecule has 1 aliphatic carbocycles. The van der Waals surface area contributed by atoms with Crippen molar-refractivity contribution in [3.8, 4) is 6.07 Å². The van der Waals surface area contributed by atoms with Gasteiger partial charge in [0.1, 0.15) is 6.04 Å². The van der Waals surface area contributed by atoms with E-state index in [0.717, 1.165) is 5.56 Å². The van der Waals surface area contributed by atoms with E-state index in [9.17, 15) is 22.5 Å².